The summed E-state index contributed by atoms with van der Waals surface area (Å²) in [6, 6.07) is 0. The van der Waals surface area contributed by atoms with Crippen LogP contribution in [-0.4, -0.2) is 16.5 Å². The first-order valence-corrected chi connectivity index (χ1v) is 6.24. The summed E-state index contributed by atoms with van der Waals surface area (Å²) in [6.07, 6.45) is 4.68. The van der Waals surface area contributed by atoms with E-state index in [0.29, 0.717) is 13.0 Å². The Balaban J connectivity index is 1.90. The lowest BCUT2D eigenvalue weighted by Gasteiger charge is -2.33. The molecule has 1 heterocycles. The predicted molar refractivity (Wildman–Crippen MR) is 56.6 cm³/mol. The molecule has 4 atom stereocenters. The molecule has 0 N–H and O–H groups in total. The highest BCUT2D eigenvalue weighted by molar-refractivity contribution is 14.1. The summed E-state index contributed by atoms with van der Waals surface area (Å²) >= 11 is 2.56. The summed E-state index contributed by atoms with van der Waals surface area (Å²) < 4.78 is 5.95. The summed E-state index contributed by atoms with van der Waals surface area (Å²) in [6.45, 7) is 0.715. The van der Waals surface area contributed by atoms with E-state index in [-0.39, 0.29) is 11.4 Å². The molecule has 1 spiro atoms. The van der Waals surface area contributed by atoms with Crippen LogP contribution in [-0.2, 0) is 9.53 Å². The first-order chi connectivity index (χ1) is 6.20. The van der Waals surface area contributed by atoms with E-state index in [1.165, 1.54) is 19.3 Å². The third-order valence-corrected chi connectivity index (χ3v) is 5.46. The van der Waals surface area contributed by atoms with Gasteiger partial charge in [-0.15, -0.1) is 0 Å². The Bertz CT molecular complexity index is 266. The lowest BCUT2D eigenvalue weighted by Crippen LogP contribution is -2.33. The number of cyclic esters (lactones) is 1. The third-order valence-electron chi connectivity index (χ3n) is 4.08. The van der Waals surface area contributed by atoms with Crippen LogP contribution in [0.25, 0.3) is 0 Å². The maximum Gasteiger partial charge on any atom is 0.306 e. The highest BCUT2D eigenvalue weighted by Gasteiger charge is 2.58. The molecule has 2 nitrogen and oxygen atoms in total. The predicted octanol–water partition coefficient (Wildman–Crippen LogP) is 2.15. The molecule has 2 saturated carbocycles. The fourth-order valence-electron chi connectivity index (χ4n) is 3.60. The minimum absolute atomic E-state index is 0.0381. The van der Waals surface area contributed by atoms with Crippen LogP contribution in [0.15, 0.2) is 0 Å². The van der Waals surface area contributed by atoms with Gasteiger partial charge in [-0.25, -0.2) is 0 Å². The zero-order chi connectivity index (χ0) is 9.05. The van der Waals surface area contributed by atoms with Gasteiger partial charge in [0.05, 0.1) is 13.0 Å². The first-order valence-electron chi connectivity index (χ1n) is 4.99. The Morgan fingerprint density at radius 2 is 2.31 bits per heavy atom. The van der Waals surface area contributed by atoms with Crippen LogP contribution in [0.1, 0.15) is 25.7 Å². The average molecular weight is 292 g/mol. The van der Waals surface area contributed by atoms with E-state index in [1.54, 1.807) is 0 Å². The summed E-state index contributed by atoms with van der Waals surface area (Å²) in [5, 5.41) is 0. The first kappa shape index (κ1) is 8.50. The van der Waals surface area contributed by atoms with Crippen LogP contribution in [0.3, 0.4) is 0 Å². The standard InChI is InChI=1S/C10H13IO2/c11-8-2-6-1-7(8)10(3-6)4-9(12)13-5-10/h6-8H,1-5H2. The molecule has 0 aromatic heterocycles. The van der Waals surface area contributed by atoms with Crippen molar-refractivity contribution in [3.8, 4) is 0 Å². The summed E-state index contributed by atoms with van der Waals surface area (Å²) in [7, 11) is 0. The molecule has 72 valence electrons. The highest BCUT2D eigenvalue weighted by atomic mass is 127. The molecule has 0 aromatic rings. The van der Waals surface area contributed by atoms with Crippen molar-refractivity contribution in [2.45, 2.75) is 29.6 Å². The van der Waals surface area contributed by atoms with Gasteiger partial charge in [0.1, 0.15) is 0 Å². The molecule has 1 aliphatic heterocycles. The molecule has 0 aromatic carbocycles. The van der Waals surface area contributed by atoms with Crippen molar-refractivity contribution in [2.24, 2.45) is 17.3 Å². The van der Waals surface area contributed by atoms with Crippen LogP contribution in [0, 0.1) is 17.3 Å². The van der Waals surface area contributed by atoms with Crippen molar-refractivity contribution in [1.29, 1.82) is 0 Å². The van der Waals surface area contributed by atoms with Crippen molar-refractivity contribution in [3.05, 3.63) is 0 Å². The quantitative estimate of drug-likeness (QED) is 0.388. The topological polar surface area (TPSA) is 26.3 Å². The highest BCUT2D eigenvalue weighted by Crippen LogP contribution is 2.61. The lowest BCUT2D eigenvalue weighted by atomic mass is 9.72. The molecule has 2 bridgehead atoms. The fraction of sp³-hybridized carbons (Fsp3) is 0.900. The second-order valence-electron chi connectivity index (χ2n) is 4.86. The van der Waals surface area contributed by atoms with E-state index >= 15 is 0 Å². The Morgan fingerprint density at radius 1 is 1.46 bits per heavy atom. The monoisotopic (exact) mass is 292 g/mol. The van der Waals surface area contributed by atoms with Gasteiger partial charge in [0.25, 0.3) is 0 Å². The second kappa shape index (κ2) is 2.61. The molecule has 13 heavy (non-hydrogen) atoms. The van der Waals surface area contributed by atoms with Gasteiger partial charge < -0.3 is 4.74 Å². The molecule has 0 amide bonds. The van der Waals surface area contributed by atoms with Gasteiger partial charge in [0.15, 0.2) is 0 Å². The van der Waals surface area contributed by atoms with E-state index in [9.17, 15) is 4.79 Å². The number of hydrogen-bond donors (Lipinski definition) is 0. The number of carbonyl (C=O) groups is 1. The molecule has 3 heteroatoms. The Hall–Kier alpha value is 0.200. The van der Waals surface area contributed by atoms with E-state index in [2.05, 4.69) is 22.6 Å². The van der Waals surface area contributed by atoms with Gasteiger partial charge in [-0.05, 0) is 31.1 Å². The minimum atomic E-state index is 0.0381. The number of alkyl halides is 1. The zero-order valence-electron chi connectivity index (χ0n) is 7.46. The Kier molecular flexibility index (Phi) is 1.71. The number of ether oxygens (including phenoxy) is 1. The zero-order valence-corrected chi connectivity index (χ0v) is 9.62. The molecular weight excluding hydrogens is 279 g/mol. The Labute approximate surface area is 91.5 Å². The number of fused-ring (bicyclic) bond motifs is 3. The van der Waals surface area contributed by atoms with Crippen LogP contribution in [0.5, 0.6) is 0 Å². The third kappa shape index (κ3) is 1.09. The largest absolute Gasteiger partial charge is 0.465 e. The van der Waals surface area contributed by atoms with Crippen molar-refractivity contribution in [2.75, 3.05) is 6.61 Å². The van der Waals surface area contributed by atoms with Gasteiger partial charge in [-0.1, -0.05) is 22.6 Å². The van der Waals surface area contributed by atoms with Gasteiger partial charge in [0, 0.05) is 9.34 Å². The molecule has 3 rings (SSSR count). The molecule has 0 radical (unpaired) electrons. The van der Waals surface area contributed by atoms with E-state index in [0.717, 1.165) is 15.8 Å². The maximum atomic E-state index is 11.2. The second-order valence-corrected chi connectivity index (χ2v) is 6.46. The SMILES string of the molecule is O=C1CC2(CO1)CC1CC(I)C2C1. The molecule has 2 aliphatic carbocycles. The fourth-order valence-corrected chi connectivity index (χ4v) is 5.37. The van der Waals surface area contributed by atoms with Gasteiger partial charge >= 0.3 is 5.97 Å². The summed E-state index contributed by atoms with van der Waals surface area (Å²) in [5.41, 5.74) is 0.270. The van der Waals surface area contributed by atoms with Crippen molar-refractivity contribution in [1.82, 2.24) is 0 Å². The maximum absolute atomic E-state index is 11.2. The molecular formula is C10H13IO2. The number of esters is 1. The molecule has 4 unspecified atom stereocenters. The van der Waals surface area contributed by atoms with E-state index in [1.807, 2.05) is 0 Å². The van der Waals surface area contributed by atoms with Crippen LogP contribution < -0.4 is 0 Å². The molecule has 3 aliphatic rings. The van der Waals surface area contributed by atoms with Gasteiger partial charge in [-0.2, -0.15) is 0 Å². The number of hydrogen-bond acceptors (Lipinski definition) is 2. The normalized spacial score (nSPS) is 53.3. The summed E-state index contributed by atoms with van der Waals surface area (Å²) in [5.74, 6) is 1.70. The average Bonchev–Trinajstić information content (AvgIpc) is 2.66. The number of carbonyl (C=O) groups excluding carboxylic acids is 1. The van der Waals surface area contributed by atoms with Crippen LogP contribution in [0.2, 0.25) is 0 Å². The number of halogens is 1. The minimum Gasteiger partial charge on any atom is -0.465 e. The van der Waals surface area contributed by atoms with Crippen LogP contribution >= 0.6 is 22.6 Å². The molecule has 1 saturated heterocycles. The summed E-state index contributed by atoms with van der Waals surface area (Å²) in [4.78, 5) is 11.2. The van der Waals surface area contributed by atoms with Crippen molar-refractivity contribution < 1.29 is 9.53 Å². The van der Waals surface area contributed by atoms with Gasteiger partial charge in [-0.3, -0.25) is 4.79 Å². The van der Waals surface area contributed by atoms with E-state index < -0.39 is 0 Å². The smallest absolute Gasteiger partial charge is 0.306 e. The van der Waals surface area contributed by atoms with Crippen molar-refractivity contribution >= 4 is 28.6 Å². The number of rotatable bonds is 0. The van der Waals surface area contributed by atoms with E-state index in [4.69, 9.17) is 4.74 Å². The van der Waals surface area contributed by atoms with Crippen molar-refractivity contribution in [3.63, 3.8) is 0 Å². The van der Waals surface area contributed by atoms with Gasteiger partial charge in [0.2, 0.25) is 0 Å². The molecule has 3 fully saturated rings. The lowest BCUT2D eigenvalue weighted by molar-refractivity contribution is -0.137. The van der Waals surface area contributed by atoms with Crippen LogP contribution in [0.4, 0.5) is 0 Å². The Morgan fingerprint density at radius 3 is 2.85 bits per heavy atom.